The molecule has 0 saturated carbocycles. The average molecular weight is 204 g/mol. The predicted octanol–water partition coefficient (Wildman–Crippen LogP) is 1.84. The largest absolute Gasteiger partial charge is 0.351 e. The molecule has 0 radical (unpaired) electrons. The van der Waals surface area contributed by atoms with Gasteiger partial charge in [-0.25, -0.2) is 0 Å². The number of hydrogen-bond acceptors (Lipinski definition) is 1. The molecule has 0 atom stereocenters. The molecule has 1 aliphatic heterocycles. The zero-order valence-corrected chi connectivity index (χ0v) is 8.80. The topological polar surface area (TPSA) is 25.2 Å². The van der Waals surface area contributed by atoms with Crippen LogP contribution in [0.25, 0.3) is 0 Å². The van der Waals surface area contributed by atoms with Crippen LogP contribution in [0.1, 0.15) is 18.9 Å². The lowest BCUT2D eigenvalue weighted by atomic mass is 10.0. The van der Waals surface area contributed by atoms with Crippen molar-refractivity contribution in [2.45, 2.75) is 18.9 Å². The van der Waals surface area contributed by atoms with Gasteiger partial charge in [0.15, 0.2) is 0 Å². The molecule has 2 heterocycles. The number of piperidine rings is 1. The van der Waals surface area contributed by atoms with Crippen LogP contribution in [0.3, 0.4) is 0 Å². The van der Waals surface area contributed by atoms with Gasteiger partial charge in [0, 0.05) is 31.5 Å². The molecule has 80 valence electrons. The van der Waals surface area contributed by atoms with Crippen LogP contribution in [0.4, 0.5) is 0 Å². The second-order valence-electron chi connectivity index (χ2n) is 3.89. The van der Waals surface area contributed by atoms with Gasteiger partial charge < -0.3 is 9.47 Å². The number of likely N-dealkylation sites (tertiary alicyclic amines) is 1. The maximum absolute atomic E-state index is 11.4. The van der Waals surface area contributed by atoms with Crippen LogP contribution in [-0.2, 0) is 4.79 Å². The van der Waals surface area contributed by atoms with Crippen LogP contribution in [0.2, 0.25) is 0 Å². The summed E-state index contributed by atoms with van der Waals surface area (Å²) in [5.74, 6) is 0.0564. The van der Waals surface area contributed by atoms with Crippen LogP contribution in [0.15, 0.2) is 37.2 Å². The SMILES string of the molecule is C=CC(=O)N1CCC(n2cccc2)CC1. The first-order chi connectivity index (χ1) is 7.31. The molecular weight excluding hydrogens is 188 g/mol. The standard InChI is InChI=1S/C12H16N2O/c1-2-12(15)14-9-5-11(6-10-14)13-7-3-4-8-13/h2-4,7-8,11H,1,5-6,9-10H2. The van der Waals surface area contributed by atoms with E-state index in [9.17, 15) is 4.79 Å². The van der Waals surface area contributed by atoms with Crippen LogP contribution in [0.5, 0.6) is 0 Å². The third-order valence-electron chi connectivity index (χ3n) is 3.00. The summed E-state index contributed by atoms with van der Waals surface area (Å²) in [5, 5.41) is 0. The van der Waals surface area contributed by atoms with Crippen LogP contribution in [0, 0.1) is 0 Å². The molecular formula is C12H16N2O. The maximum atomic E-state index is 11.4. The summed E-state index contributed by atoms with van der Waals surface area (Å²) >= 11 is 0. The van der Waals surface area contributed by atoms with Crippen molar-refractivity contribution in [1.29, 1.82) is 0 Å². The molecule has 1 aromatic heterocycles. The number of rotatable bonds is 2. The van der Waals surface area contributed by atoms with E-state index in [2.05, 4.69) is 23.5 Å². The van der Waals surface area contributed by atoms with Gasteiger partial charge in [-0.1, -0.05) is 6.58 Å². The van der Waals surface area contributed by atoms with Crippen LogP contribution >= 0.6 is 0 Å². The number of hydrogen-bond donors (Lipinski definition) is 0. The Bertz CT molecular complexity index is 335. The lowest BCUT2D eigenvalue weighted by Crippen LogP contribution is -2.37. The third kappa shape index (κ3) is 2.12. The Labute approximate surface area is 90.0 Å². The van der Waals surface area contributed by atoms with Gasteiger partial charge in [0.25, 0.3) is 0 Å². The summed E-state index contributed by atoms with van der Waals surface area (Å²) in [5.41, 5.74) is 0. The highest BCUT2D eigenvalue weighted by Gasteiger charge is 2.21. The first-order valence-corrected chi connectivity index (χ1v) is 5.35. The molecule has 1 saturated heterocycles. The van der Waals surface area contributed by atoms with Crippen molar-refractivity contribution in [3.8, 4) is 0 Å². The van der Waals surface area contributed by atoms with E-state index < -0.39 is 0 Å². The van der Waals surface area contributed by atoms with E-state index in [1.807, 2.05) is 17.0 Å². The Morgan fingerprint density at radius 2 is 1.87 bits per heavy atom. The van der Waals surface area contributed by atoms with Gasteiger partial charge in [-0.2, -0.15) is 0 Å². The van der Waals surface area contributed by atoms with Crippen LogP contribution in [-0.4, -0.2) is 28.5 Å². The smallest absolute Gasteiger partial charge is 0.245 e. The van der Waals surface area contributed by atoms with Crippen molar-refractivity contribution >= 4 is 5.91 Å². The lowest BCUT2D eigenvalue weighted by molar-refractivity contribution is -0.127. The molecule has 0 N–H and O–H groups in total. The minimum Gasteiger partial charge on any atom is -0.351 e. The Morgan fingerprint density at radius 3 is 2.40 bits per heavy atom. The fourth-order valence-electron chi connectivity index (χ4n) is 2.10. The molecule has 1 amide bonds. The highest BCUT2D eigenvalue weighted by atomic mass is 16.2. The zero-order chi connectivity index (χ0) is 10.7. The fourth-order valence-corrected chi connectivity index (χ4v) is 2.10. The van der Waals surface area contributed by atoms with E-state index in [1.165, 1.54) is 6.08 Å². The van der Waals surface area contributed by atoms with Gasteiger partial charge in [0.05, 0.1) is 0 Å². The van der Waals surface area contributed by atoms with Gasteiger partial charge in [-0.15, -0.1) is 0 Å². The zero-order valence-electron chi connectivity index (χ0n) is 8.80. The summed E-state index contributed by atoms with van der Waals surface area (Å²) in [4.78, 5) is 13.2. The predicted molar refractivity (Wildman–Crippen MR) is 59.5 cm³/mol. The average Bonchev–Trinajstić information content (AvgIpc) is 2.82. The summed E-state index contributed by atoms with van der Waals surface area (Å²) in [6.07, 6.45) is 7.66. The molecule has 0 aliphatic carbocycles. The molecule has 3 heteroatoms. The van der Waals surface area contributed by atoms with Gasteiger partial charge in [0.2, 0.25) is 5.91 Å². The number of nitrogens with zero attached hydrogens (tertiary/aromatic N) is 2. The van der Waals surface area contributed by atoms with E-state index >= 15 is 0 Å². The fraction of sp³-hybridized carbons (Fsp3) is 0.417. The van der Waals surface area contributed by atoms with Crippen molar-refractivity contribution in [2.75, 3.05) is 13.1 Å². The van der Waals surface area contributed by atoms with E-state index in [0.29, 0.717) is 6.04 Å². The Hall–Kier alpha value is -1.51. The number of amides is 1. The minimum atomic E-state index is 0.0564. The lowest BCUT2D eigenvalue weighted by Gasteiger charge is -2.32. The molecule has 0 aromatic carbocycles. The van der Waals surface area contributed by atoms with E-state index in [4.69, 9.17) is 0 Å². The Morgan fingerprint density at radius 1 is 1.27 bits per heavy atom. The molecule has 0 unspecified atom stereocenters. The quantitative estimate of drug-likeness (QED) is 0.675. The number of carbonyl (C=O) groups is 1. The second kappa shape index (κ2) is 4.34. The van der Waals surface area contributed by atoms with E-state index in [0.717, 1.165) is 25.9 Å². The molecule has 1 aromatic rings. The van der Waals surface area contributed by atoms with Crippen molar-refractivity contribution in [2.24, 2.45) is 0 Å². The first-order valence-electron chi connectivity index (χ1n) is 5.35. The van der Waals surface area contributed by atoms with Gasteiger partial charge >= 0.3 is 0 Å². The monoisotopic (exact) mass is 204 g/mol. The van der Waals surface area contributed by atoms with Crippen molar-refractivity contribution in [3.05, 3.63) is 37.2 Å². The van der Waals surface area contributed by atoms with Crippen molar-refractivity contribution in [3.63, 3.8) is 0 Å². The third-order valence-corrected chi connectivity index (χ3v) is 3.00. The van der Waals surface area contributed by atoms with E-state index in [-0.39, 0.29) is 5.91 Å². The van der Waals surface area contributed by atoms with Gasteiger partial charge in [0.1, 0.15) is 0 Å². The normalized spacial score (nSPS) is 17.7. The highest BCUT2D eigenvalue weighted by molar-refractivity contribution is 5.87. The van der Waals surface area contributed by atoms with Crippen LogP contribution < -0.4 is 0 Å². The molecule has 3 nitrogen and oxygen atoms in total. The summed E-state index contributed by atoms with van der Waals surface area (Å²) in [7, 11) is 0. The van der Waals surface area contributed by atoms with Gasteiger partial charge in [-0.3, -0.25) is 4.79 Å². The molecule has 0 spiro atoms. The molecule has 1 aliphatic rings. The first kappa shape index (κ1) is 10.0. The number of carbonyl (C=O) groups excluding carboxylic acids is 1. The second-order valence-corrected chi connectivity index (χ2v) is 3.89. The Kier molecular flexibility index (Phi) is 2.90. The Balaban J connectivity index is 1.92. The summed E-state index contributed by atoms with van der Waals surface area (Å²) < 4.78 is 2.23. The highest BCUT2D eigenvalue weighted by Crippen LogP contribution is 2.22. The van der Waals surface area contributed by atoms with Crippen molar-refractivity contribution in [1.82, 2.24) is 9.47 Å². The molecule has 2 rings (SSSR count). The molecule has 15 heavy (non-hydrogen) atoms. The summed E-state index contributed by atoms with van der Waals surface area (Å²) in [6.45, 7) is 5.19. The minimum absolute atomic E-state index is 0.0564. The summed E-state index contributed by atoms with van der Waals surface area (Å²) in [6, 6.07) is 4.64. The number of aromatic nitrogens is 1. The molecule has 0 bridgehead atoms. The maximum Gasteiger partial charge on any atom is 0.245 e. The van der Waals surface area contributed by atoms with E-state index in [1.54, 1.807) is 0 Å². The molecule has 1 fully saturated rings. The van der Waals surface area contributed by atoms with Crippen molar-refractivity contribution < 1.29 is 4.79 Å². The van der Waals surface area contributed by atoms with Gasteiger partial charge in [-0.05, 0) is 31.1 Å².